The monoisotopic (exact) mass is 402 g/mol. The first-order valence-corrected chi connectivity index (χ1v) is 9.15. The molecule has 0 saturated carbocycles. The molecular weight excluding hydrogens is 376 g/mol. The summed E-state index contributed by atoms with van der Waals surface area (Å²) in [6, 6.07) is 12.1. The number of carbonyl (C=O) groups is 1. The number of benzene rings is 1. The summed E-state index contributed by atoms with van der Waals surface area (Å²) in [4.78, 5) is 12.4. The minimum absolute atomic E-state index is 0. The van der Waals surface area contributed by atoms with Crippen molar-refractivity contribution < 1.29 is 26.3 Å². The maximum absolute atomic E-state index is 12.4. The summed E-state index contributed by atoms with van der Waals surface area (Å²) in [6.07, 6.45) is 11.3. The van der Waals surface area contributed by atoms with Gasteiger partial charge in [-0.1, -0.05) is 38.3 Å². The lowest BCUT2D eigenvalue weighted by atomic mass is 9.93. The third kappa shape index (κ3) is 5.15. The molecule has 0 aliphatic carbocycles. The Balaban J connectivity index is 0.00000225. The van der Waals surface area contributed by atoms with Crippen LogP contribution in [0.3, 0.4) is 0 Å². The van der Waals surface area contributed by atoms with Crippen molar-refractivity contribution in [2.45, 2.75) is 58.0 Å². The molecule has 4 heteroatoms. The van der Waals surface area contributed by atoms with Gasteiger partial charge in [0.25, 0.3) is 0 Å². The van der Waals surface area contributed by atoms with Crippen LogP contribution in [-0.2, 0) is 6.54 Å². The van der Waals surface area contributed by atoms with Crippen molar-refractivity contribution in [1.82, 2.24) is 0 Å². The quantitative estimate of drug-likeness (QED) is 0.564. The van der Waals surface area contributed by atoms with Crippen LogP contribution in [-0.4, -0.2) is 5.78 Å². The van der Waals surface area contributed by atoms with Gasteiger partial charge in [-0.3, -0.25) is 4.79 Å². The SMILES string of the molecule is CCCCCCC[n+]1cccc(C2CC(=O)c3ccccc3N2)c1.[Br-]. The van der Waals surface area contributed by atoms with Crippen LogP contribution in [0.5, 0.6) is 0 Å². The summed E-state index contributed by atoms with van der Waals surface area (Å²) in [6.45, 7) is 3.30. The van der Waals surface area contributed by atoms with Gasteiger partial charge in [-0.05, 0) is 24.6 Å². The predicted octanol–water partition coefficient (Wildman–Crippen LogP) is 1.69. The van der Waals surface area contributed by atoms with E-state index >= 15 is 0 Å². The number of hydrogen-bond donors (Lipinski definition) is 1. The van der Waals surface area contributed by atoms with E-state index < -0.39 is 0 Å². The van der Waals surface area contributed by atoms with Crippen LogP contribution in [0.15, 0.2) is 48.8 Å². The van der Waals surface area contributed by atoms with Crippen molar-refractivity contribution in [3.05, 3.63) is 59.9 Å². The van der Waals surface area contributed by atoms with Crippen LogP contribution < -0.4 is 26.9 Å². The topological polar surface area (TPSA) is 33.0 Å². The van der Waals surface area contributed by atoms with Gasteiger partial charge < -0.3 is 22.3 Å². The third-order valence-corrected chi connectivity index (χ3v) is 4.75. The molecule has 0 spiro atoms. The third-order valence-electron chi connectivity index (χ3n) is 4.75. The van der Waals surface area contributed by atoms with E-state index in [4.69, 9.17) is 0 Å². The second-order valence-electron chi connectivity index (χ2n) is 6.66. The summed E-state index contributed by atoms with van der Waals surface area (Å²) in [5.74, 6) is 0.226. The molecule has 1 aliphatic heterocycles. The average Bonchev–Trinajstić information content (AvgIpc) is 2.62. The number of para-hydroxylation sites is 1. The molecule has 0 radical (unpaired) electrons. The van der Waals surface area contributed by atoms with E-state index in [9.17, 15) is 4.79 Å². The number of carbonyl (C=O) groups excluding carboxylic acids is 1. The van der Waals surface area contributed by atoms with Crippen molar-refractivity contribution in [1.29, 1.82) is 0 Å². The van der Waals surface area contributed by atoms with Crippen molar-refractivity contribution in [2.24, 2.45) is 0 Å². The first-order chi connectivity index (χ1) is 11.8. The van der Waals surface area contributed by atoms with Crippen LogP contribution in [0, 0.1) is 0 Å². The van der Waals surface area contributed by atoms with Crippen LogP contribution in [0.25, 0.3) is 0 Å². The van der Waals surface area contributed by atoms with Gasteiger partial charge in [0.1, 0.15) is 6.54 Å². The standard InChI is InChI=1S/C21H26N2O.BrH/c1-2-3-4-5-8-13-23-14-9-10-17(16-23)20-15-21(24)18-11-6-7-12-19(18)22-20;/h6-7,9-12,14,16,20H,2-5,8,13,15H2,1H3;1H. The van der Waals surface area contributed by atoms with Crippen LogP contribution in [0.2, 0.25) is 0 Å². The van der Waals surface area contributed by atoms with Crippen LogP contribution >= 0.6 is 0 Å². The Morgan fingerprint density at radius 1 is 1.08 bits per heavy atom. The first-order valence-electron chi connectivity index (χ1n) is 9.15. The smallest absolute Gasteiger partial charge is 0.174 e. The Hall–Kier alpha value is -1.68. The van der Waals surface area contributed by atoms with Crippen molar-refractivity contribution >= 4 is 11.5 Å². The molecule has 0 saturated heterocycles. The van der Waals surface area contributed by atoms with Gasteiger partial charge in [0.15, 0.2) is 18.2 Å². The fourth-order valence-electron chi connectivity index (χ4n) is 3.37. The Bertz CT molecular complexity index is 702. The summed E-state index contributed by atoms with van der Waals surface area (Å²) >= 11 is 0. The second kappa shape index (κ2) is 9.71. The normalized spacial score (nSPS) is 15.9. The maximum atomic E-state index is 12.4. The molecule has 3 nitrogen and oxygen atoms in total. The molecule has 1 atom stereocenters. The molecule has 1 unspecified atom stereocenters. The number of aromatic nitrogens is 1. The van der Waals surface area contributed by atoms with E-state index in [1.54, 1.807) is 0 Å². The zero-order chi connectivity index (χ0) is 16.8. The molecule has 0 fully saturated rings. The molecule has 1 aliphatic rings. The minimum Gasteiger partial charge on any atom is -1.00 e. The number of nitrogens with one attached hydrogen (secondary N) is 1. The van der Waals surface area contributed by atoms with Gasteiger partial charge in [-0.15, -0.1) is 0 Å². The number of fused-ring (bicyclic) bond motifs is 1. The zero-order valence-electron chi connectivity index (χ0n) is 14.9. The Kier molecular flexibility index (Phi) is 7.63. The highest BCUT2D eigenvalue weighted by atomic mass is 79.9. The number of nitrogens with zero attached hydrogens (tertiary/aromatic N) is 1. The first kappa shape index (κ1) is 19.6. The van der Waals surface area contributed by atoms with Gasteiger partial charge in [0.2, 0.25) is 0 Å². The highest BCUT2D eigenvalue weighted by Crippen LogP contribution is 2.31. The molecule has 0 bridgehead atoms. The van der Waals surface area contributed by atoms with E-state index in [1.165, 1.54) is 37.7 Å². The van der Waals surface area contributed by atoms with Crippen molar-refractivity contribution in [3.63, 3.8) is 0 Å². The van der Waals surface area contributed by atoms with Gasteiger partial charge in [-0.2, -0.15) is 0 Å². The molecular formula is C21H27BrN2O. The van der Waals surface area contributed by atoms with Crippen molar-refractivity contribution in [3.8, 4) is 0 Å². The Labute approximate surface area is 161 Å². The largest absolute Gasteiger partial charge is 1.00 e. The van der Waals surface area contributed by atoms with E-state index in [0.717, 1.165) is 17.8 Å². The average molecular weight is 403 g/mol. The number of pyridine rings is 1. The lowest BCUT2D eigenvalue weighted by molar-refractivity contribution is -0.697. The number of hydrogen-bond acceptors (Lipinski definition) is 2. The summed E-state index contributed by atoms with van der Waals surface area (Å²) in [5.41, 5.74) is 2.95. The molecule has 2 heterocycles. The highest BCUT2D eigenvalue weighted by Gasteiger charge is 2.26. The number of halogens is 1. The Morgan fingerprint density at radius 3 is 2.72 bits per heavy atom. The van der Waals surface area contributed by atoms with E-state index in [2.05, 4.69) is 41.3 Å². The maximum Gasteiger partial charge on any atom is 0.174 e. The summed E-state index contributed by atoms with van der Waals surface area (Å²) in [7, 11) is 0. The van der Waals surface area contributed by atoms with Crippen molar-refractivity contribution in [2.75, 3.05) is 5.32 Å². The fourth-order valence-corrected chi connectivity index (χ4v) is 3.37. The zero-order valence-corrected chi connectivity index (χ0v) is 16.5. The molecule has 25 heavy (non-hydrogen) atoms. The molecule has 1 aromatic heterocycles. The van der Waals surface area contributed by atoms with Crippen LogP contribution in [0.4, 0.5) is 5.69 Å². The van der Waals surface area contributed by atoms with E-state index in [-0.39, 0.29) is 28.8 Å². The minimum atomic E-state index is 0. The number of rotatable bonds is 7. The number of anilines is 1. The second-order valence-corrected chi connectivity index (χ2v) is 6.66. The lowest BCUT2D eigenvalue weighted by Crippen LogP contribution is -3.00. The van der Waals surface area contributed by atoms with Gasteiger partial charge in [0.05, 0.1) is 6.04 Å². The van der Waals surface area contributed by atoms with Gasteiger partial charge in [0, 0.05) is 35.7 Å². The summed E-state index contributed by atoms with van der Waals surface area (Å²) in [5, 5.41) is 3.52. The highest BCUT2D eigenvalue weighted by molar-refractivity contribution is 6.03. The van der Waals surface area contributed by atoms with Gasteiger partial charge >= 0.3 is 0 Å². The molecule has 1 N–H and O–H groups in total. The van der Waals surface area contributed by atoms with E-state index in [1.807, 2.05) is 24.3 Å². The lowest BCUT2D eigenvalue weighted by Gasteiger charge is -2.25. The summed E-state index contributed by atoms with van der Waals surface area (Å²) < 4.78 is 2.26. The van der Waals surface area contributed by atoms with Gasteiger partial charge in [-0.25, -0.2) is 4.57 Å². The Morgan fingerprint density at radius 2 is 1.88 bits per heavy atom. The fraction of sp³-hybridized carbons (Fsp3) is 0.429. The van der Waals surface area contributed by atoms with E-state index in [0.29, 0.717) is 6.42 Å². The molecule has 1 aromatic carbocycles. The molecule has 2 aromatic rings. The number of aryl methyl sites for hydroxylation is 1. The number of unbranched alkanes of at least 4 members (excludes halogenated alkanes) is 4. The predicted molar refractivity (Wildman–Crippen MR) is 97.1 cm³/mol. The van der Waals surface area contributed by atoms with Crippen LogP contribution in [0.1, 0.15) is 67.4 Å². The molecule has 134 valence electrons. The molecule has 0 amide bonds. The number of ketones is 1. The molecule has 3 rings (SSSR count). The number of Topliss-reactive ketones (excluding diaryl/α,β-unsaturated/α-hetero) is 1.